The Hall–Kier alpha value is -5.93. The summed E-state index contributed by atoms with van der Waals surface area (Å²) in [6.07, 6.45) is 1.39. The minimum Gasteiger partial charge on any atom is -0.456 e. The average Bonchev–Trinajstić information content (AvgIpc) is 3.56. The first-order chi connectivity index (χ1) is 22.8. The fourth-order valence-electron chi connectivity index (χ4n) is 5.02. The van der Waals surface area contributed by atoms with Crippen LogP contribution in [-0.2, 0) is 21.4 Å². The highest BCUT2D eigenvalue weighted by Gasteiger charge is 2.26. The lowest BCUT2D eigenvalue weighted by atomic mass is 10.1. The number of aryl methyl sites for hydroxylation is 1. The molecule has 0 saturated carbocycles. The highest BCUT2D eigenvalue weighted by atomic mass is 32.2. The van der Waals surface area contributed by atoms with Crippen molar-refractivity contribution in [2.24, 2.45) is 0 Å². The molecule has 2 amide bonds. The highest BCUT2D eigenvalue weighted by molar-refractivity contribution is 7.90. The van der Waals surface area contributed by atoms with Crippen molar-refractivity contribution in [3.8, 4) is 22.3 Å². The molecule has 6 aromatic rings. The van der Waals surface area contributed by atoms with Gasteiger partial charge in [0.25, 0.3) is 10.0 Å². The van der Waals surface area contributed by atoms with E-state index in [0.717, 1.165) is 26.2 Å². The topological polar surface area (TPSA) is 107 Å². The standard InChI is InChI=1S/C38H31N3O5S/c1-27-15-21-35(22-16-27)47(44,45)41-25-32(24-36(41)37(42)46-26-28-9-4-2-5-10-28)31-13-8-14-34(23-31)40-38(43)39-33-19-17-30(18-20-33)29-11-6-3-7-12-29/h2-25H,26H2,1H3,(H2,39,40,43). The summed E-state index contributed by atoms with van der Waals surface area (Å²) in [5.74, 6) is -0.789. The number of amides is 2. The third kappa shape index (κ3) is 7.32. The van der Waals surface area contributed by atoms with E-state index in [1.807, 2.05) is 91.9 Å². The van der Waals surface area contributed by atoms with Crippen molar-refractivity contribution in [3.05, 3.63) is 163 Å². The van der Waals surface area contributed by atoms with Crippen molar-refractivity contribution >= 4 is 33.4 Å². The van der Waals surface area contributed by atoms with E-state index in [0.29, 0.717) is 22.5 Å². The third-order valence-electron chi connectivity index (χ3n) is 7.49. The maximum Gasteiger partial charge on any atom is 0.356 e. The van der Waals surface area contributed by atoms with Crippen molar-refractivity contribution < 1.29 is 22.7 Å². The second kappa shape index (κ2) is 13.6. The number of carbonyl (C=O) groups is 2. The van der Waals surface area contributed by atoms with E-state index in [-0.39, 0.29) is 17.2 Å². The van der Waals surface area contributed by atoms with Crippen molar-refractivity contribution in [2.45, 2.75) is 18.4 Å². The molecule has 0 saturated heterocycles. The summed E-state index contributed by atoms with van der Waals surface area (Å²) in [4.78, 5) is 26.2. The van der Waals surface area contributed by atoms with E-state index in [1.54, 1.807) is 36.4 Å². The summed E-state index contributed by atoms with van der Waals surface area (Å²) < 4.78 is 34.0. The number of hydrogen-bond acceptors (Lipinski definition) is 5. The number of ether oxygens (including phenoxy) is 1. The third-order valence-corrected chi connectivity index (χ3v) is 9.18. The van der Waals surface area contributed by atoms with Crippen LogP contribution in [0.3, 0.4) is 0 Å². The number of carbonyl (C=O) groups excluding carboxylic acids is 2. The van der Waals surface area contributed by atoms with Gasteiger partial charge in [-0.25, -0.2) is 22.0 Å². The molecule has 0 fully saturated rings. The van der Waals surface area contributed by atoms with Gasteiger partial charge in [-0.3, -0.25) is 0 Å². The van der Waals surface area contributed by atoms with Gasteiger partial charge in [0.2, 0.25) is 0 Å². The molecular formula is C38H31N3O5S. The molecule has 0 atom stereocenters. The molecule has 9 heteroatoms. The van der Waals surface area contributed by atoms with Crippen LogP contribution >= 0.6 is 0 Å². The molecule has 0 aliphatic rings. The zero-order chi connectivity index (χ0) is 32.8. The molecule has 6 rings (SSSR count). The Labute approximate surface area is 273 Å². The summed E-state index contributed by atoms with van der Waals surface area (Å²) in [5, 5.41) is 5.66. The molecule has 0 aliphatic carbocycles. The fraction of sp³-hybridized carbons (Fsp3) is 0.0526. The highest BCUT2D eigenvalue weighted by Crippen LogP contribution is 2.29. The van der Waals surface area contributed by atoms with Gasteiger partial charge in [-0.1, -0.05) is 103 Å². The van der Waals surface area contributed by atoms with Crippen LogP contribution in [0.25, 0.3) is 22.3 Å². The SMILES string of the molecule is Cc1ccc(S(=O)(=O)n2cc(-c3cccc(NC(=O)Nc4ccc(-c5ccccc5)cc4)c3)cc2C(=O)OCc2ccccc2)cc1. The minimum absolute atomic E-state index is 0.0196. The Morgan fingerprint density at radius 1 is 0.638 bits per heavy atom. The van der Waals surface area contributed by atoms with Crippen LogP contribution in [0, 0.1) is 6.92 Å². The maximum absolute atomic E-state index is 13.8. The van der Waals surface area contributed by atoms with Crippen molar-refractivity contribution in [3.63, 3.8) is 0 Å². The van der Waals surface area contributed by atoms with Gasteiger partial charge < -0.3 is 15.4 Å². The van der Waals surface area contributed by atoms with E-state index in [1.165, 1.54) is 24.4 Å². The molecule has 8 nitrogen and oxygen atoms in total. The molecule has 2 N–H and O–H groups in total. The minimum atomic E-state index is -4.15. The predicted molar refractivity (Wildman–Crippen MR) is 184 cm³/mol. The molecule has 0 spiro atoms. The van der Waals surface area contributed by atoms with Crippen LogP contribution in [0.5, 0.6) is 0 Å². The van der Waals surface area contributed by atoms with Crippen LogP contribution in [0.2, 0.25) is 0 Å². The molecule has 0 bridgehead atoms. The summed E-state index contributed by atoms with van der Waals surface area (Å²) in [7, 11) is -4.15. The molecule has 1 aromatic heterocycles. The van der Waals surface area contributed by atoms with E-state index >= 15 is 0 Å². The number of aromatic nitrogens is 1. The lowest BCUT2D eigenvalue weighted by molar-refractivity contribution is 0.0464. The quantitative estimate of drug-likeness (QED) is 0.154. The smallest absolute Gasteiger partial charge is 0.356 e. The second-order valence-electron chi connectivity index (χ2n) is 10.9. The van der Waals surface area contributed by atoms with Gasteiger partial charge in [0.05, 0.1) is 4.90 Å². The van der Waals surface area contributed by atoms with Gasteiger partial charge in [-0.05, 0) is 71.6 Å². The number of benzene rings is 5. The average molecular weight is 642 g/mol. The van der Waals surface area contributed by atoms with Crippen LogP contribution in [0.15, 0.2) is 151 Å². The molecule has 234 valence electrons. The van der Waals surface area contributed by atoms with Crippen LogP contribution in [-0.4, -0.2) is 24.4 Å². The molecular weight excluding hydrogens is 611 g/mol. The molecule has 47 heavy (non-hydrogen) atoms. The second-order valence-corrected chi connectivity index (χ2v) is 12.7. The number of urea groups is 1. The first kappa shape index (κ1) is 31.1. The summed E-state index contributed by atoms with van der Waals surface area (Å²) >= 11 is 0. The van der Waals surface area contributed by atoms with Crippen molar-refractivity contribution in [1.29, 1.82) is 0 Å². The van der Waals surface area contributed by atoms with E-state index in [4.69, 9.17) is 4.74 Å². The van der Waals surface area contributed by atoms with E-state index in [9.17, 15) is 18.0 Å². The maximum atomic E-state index is 13.8. The van der Waals surface area contributed by atoms with Crippen LogP contribution in [0.4, 0.5) is 16.2 Å². The summed E-state index contributed by atoms with van der Waals surface area (Å²) in [5.41, 5.74) is 5.77. The van der Waals surface area contributed by atoms with Gasteiger partial charge >= 0.3 is 12.0 Å². The Balaban J connectivity index is 1.24. The Morgan fingerprint density at radius 3 is 1.96 bits per heavy atom. The van der Waals surface area contributed by atoms with Crippen LogP contribution in [0.1, 0.15) is 21.6 Å². The van der Waals surface area contributed by atoms with Gasteiger partial charge in [-0.2, -0.15) is 0 Å². The molecule has 1 heterocycles. The first-order valence-electron chi connectivity index (χ1n) is 14.9. The Bertz CT molecular complexity index is 2130. The van der Waals surface area contributed by atoms with Gasteiger partial charge in [0, 0.05) is 23.1 Å². The van der Waals surface area contributed by atoms with Crippen molar-refractivity contribution in [1.82, 2.24) is 3.97 Å². The molecule has 0 aliphatic heterocycles. The number of rotatable bonds is 9. The molecule has 5 aromatic carbocycles. The number of esters is 1. The monoisotopic (exact) mass is 641 g/mol. The number of nitrogens with one attached hydrogen (secondary N) is 2. The van der Waals surface area contributed by atoms with E-state index < -0.39 is 22.0 Å². The lowest BCUT2D eigenvalue weighted by Gasteiger charge is -2.11. The Kier molecular flexibility index (Phi) is 8.99. The van der Waals surface area contributed by atoms with Gasteiger partial charge in [-0.15, -0.1) is 0 Å². The normalized spacial score (nSPS) is 11.1. The molecule has 0 radical (unpaired) electrons. The van der Waals surface area contributed by atoms with Crippen LogP contribution < -0.4 is 10.6 Å². The zero-order valence-corrected chi connectivity index (χ0v) is 26.3. The summed E-state index contributed by atoms with van der Waals surface area (Å²) in [6.45, 7) is 1.84. The van der Waals surface area contributed by atoms with Gasteiger partial charge in [0.15, 0.2) is 0 Å². The lowest BCUT2D eigenvalue weighted by Crippen LogP contribution is -2.19. The number of nitrogens with zero attached hydrogens (tertiary/aromatic N) is 1. The van der Waals surface area contributed by atoms with Gasteiger partial charge in [0.1, 0.15) is 12.3 Å². The number of hydrogen-bond donors (Lipinski definition) is 2. The molecule has 0 unspecified atom stereocenters. The van der Waals surface area contributed by atoms with Crippen molar-refractivity contribution in [2.75, 3.05) is 10.6 Å². The largest absolute Gasteiger partial charge is 0.456 e. The Morgan fingerprint density at radius 2 is 1.26 bits per heavy atom. The summed E-state index contributed by atoms with van der Waals surface area (Å²) in [6, 6.07) is 41.0. The zero-order valence-electron chi connectivity index (χ0n) is 25.5. The van der Waals surface area contributed by atoms with E-state index in [2.05, 4.69) is 10.6 Å². The number of anilines is 2. The predicted octanol–water partition coefficient (Wildman–Crippen LogP) is 8.37. The fourth-order valence-corrected chi connectivity index (χ4v) is 6.36. The first-order valence-corrected chi connectivity index (χ1v) is 16.3.